The van der Waals surface area contributed by atoms with Crippen LogP contribution in [0.15, 0.2) is 48.5 Å². The van der Waals surface area contributed by atoms with Crippen molar-refractivity contribution in [1.29, 1.82) is 0 Å². The second-order valence-corrected chi connectivity index (χ2v) is 5.39. The molecule has 0 amide bonds. The van der Waals surface area contributed by atoms with E-state index in [4.69, 9.17) is 0 Å². The topological polar surface area (TPSA) is 0 Å². The van der Waals surface area contributed by atoms with E-state index in [2.05, 4.69) is 62.4 Å². The second-order valence-electron chi connectivity index (χ2n) is 4.40. The summed E-state index contributed by atoms with van der Waals surface area (Å²) in [7, 11) is 0. The molecule has 0 nitrogen and oxygen atoms in total. The van der Waals surface area contributed by atoms with E-state index in [1.54, 1.807) is 0 Å². The highest BCUT2D eigenvalue weighted by molar-refractivity contribution is 7.97. The summed E-state index contributed by atoms with van der Waals surface area (Å²) in [6.45, 7) is 4.31. The van der Waals surface area contributed by atoms with Gasteiger partial charge in [0.25, 0.3) is 0 Å². The van der Waals surface area contributed by atoms with Gasteiger partial charge in [-0.2, -0.15) is 11.8 Å². The van der Waals surface area contributed by atoms with Crippen molar-refractivity contribution >= 4 is 11.8 Å². The number of hydrogen-bond donors (Lipinski definition) is 0. The minimum atomic E-state index is 1.09. The molecule has 2 aromatic carbocycles. The quantitative estimate of drug-likeness (QED) is 0.746. The predicted octanol–water partition coefficient (Wildman–Crippen LogP) is 4.74. The molecule has 0 aliphatic heterocycles. The van der Waals surface area contributed by atoms with Gasteiger partial charge in [0.1, 0.15) is 0 Å². The average Bonchev–Trinajstić information content (AvgIpc) is 2.34. The molecular weight excluding hydrogens is 224 g/mol. The normalized spacial score (nSPS) is 10.5. The average molecular weight is 242 g/mol. The van der Waals surface area contributed by atoms with Gasteiger partial charge in [-0.1, -0.05) is 54.1 Å². The van der Waals surface area contributed by atoms with Crippen molar-refractivity contribution in [3.8, 4) is 0 Å². The maximum Gasteiger partial charge on any atom is 0.0190 e. The van der Waals surface area contributed by atoms with Crippen molar-refractivity contribution in [3.05, 3.63) is 70.8 Å². The first kappa shape index (κ1) is 12.3. The first-order valence-corrected chi connectivity index (χ1v) is 7.09. The molecule has 0 bridgehead atoms. The van der Waals surface area contributed by atoms with Gasteiger partial charge in [-0.15, -0.1) is 0 Å². The third kappa shape index (κ3) is 3.64. The van der Waals surface area contributed by atoms with Gasteiger partial charge < -0.3 is 0 Å². The molecule has 2 aromatic rings. The largest absolute Gasteiger partial charge is 0.152 e. The molecule has 0 saturated heterocycles. The summed E-state index contributed by atoms with van der Waals surface area (Å²) in [5.41, 5.74) is 5.58. The summed E-state index contributed by atoms with van der Waals surface area (Å²) < 4.78 is 0. The third-order valence-corrected chi connectivity index (χ3v) is 3.96. The van der Waals surface area contributed by atoms with Crippen molar-refractivity contribution in [2.75, 3.05) is 0 Å². The number of rotatable bonds is 4. The van der Waals surface area contributed by atoms with Crippen LogP contribution >= 0.6 is 11.8 Å². The van der Waals surface area contributed by atoms with Crippen LogP contribution in [0, 0.1) is 13.8 Å². The monoisotopic (exact) mass is 242 g/mol. The lowest BCUT2D eigenvalue weighted by Crippen LogP contribution is -1.87. The maximum atomic E-state index is 2.22. The van der Waals surface area contributed by atoms with E-state index in [-0.39, 0.29) is 0 Å². The highest BCUT2D eigenvalue weighted by Crippen LogP contribution is 2.20. The minimum Gasteiger partial charge on any atom is -0.152 e. The molecule has 0 heterocycles. The van der Waals surface area contributed by atoms with Gasteiger partial charge in [0, 0.05) is 11.5 Å². The molecule has 2 rings (SSSR count). The van der Waals surface area contributed by atoms with Crippen molar-refractivity contribution in [1.82, 2.24) is 0 Å². The fraction of sp³-hybridized carbons (Fsp3) is 0.250. The molecule has 0 saturated carbocycles. The summed E-state index contributed by atoms with van der Waals surface area (Å²) in [5.74, 6) is 2.19. The van der Waals surface area contributed by atoms with Crippen molar-refractivity contribution in [2.45, 2.75) is 25.4 Å². The van der Waals surface area contributed by atoms with E-state index in [1.807, 2.05) is 11.8 Å². The molecule has 0 aromatic heterocycles. The fourth-order valence-electron chi connectivity index (χ4n) is 1.74. The zero-order chi connectivity index (χ0) is 12.1. The van der Waals surface area contributed by atoms with Gasteiger partial charge in [0.05, 0.1) is 0 Å². The summed E-state index contributed by atoms with van der Waals surface area (Å²) in [6.07, 6.45) is 0. The van der Waals surface area contributed by atoms with Gasteiger partial charge in [-0.3, -0.25) is 0 Å². The molecule has 0 N–H and O–H groups in total. The van der Waals surface area contributed by atoms with Crippen LogP contribution in [0.3, 0.4) is 0 Å². The molecule has 0 aliphatic carbocycles. The summed E-state index contributed by atoms with van der Waals surface area (Å²) in [5, 5.41) is 0. The Morgan fingerprint density at radius 3 is 2.24 bits per heavy atom. The van der Waals surface area contributed by atoms with Crippen LogP contribution in [0.4, 0.5) is 0 Å². The highest BCUT2D eigenvalue weighted by Gasteiger charge is 1.98. The Balaban J connectivity index is 1.88. The van der Waals surface area contributed by atoms with Gasteiger partial charge in [0.15, 0.2) is 0 Å². The van der Waals surface area contributed by atoms with E-state index in [0.717, 1.165) is 11.5 Å². The first-order valence-electron chi connectivity index (χ1n) is 5.93. The van der Waals surface area contributed by atoms with E-state index in [1.165, 1.54) is 22.3 Å². The molecule has 0 unspecified atom stereocenters. The van der Waals surface area contributed by atoms with Crippen LogP contribution in [0.2, 0.25) is 0 Å². The van der Waals surface area contributed by atoms with Crippen LogP contribution in [0.5, 0.6) is 0 Å². The van der Waals surface area contributed by atoms with Crippen molar-refractivity contribution < 1.29 is 0 Å². The van der Waals surface area contributed by atoms with E-state index >= 15 is 0 Å². The van der Waals surface area contributed by atoms with Crippen LogP contribution in [-0.2, 0) is 11.5 Å². The van der Waals surface area contributed by atoms with E-state index in [9.17, 15) is 0 Å². The molecule has 88 valence electrons. The molecule has 0 fully saturated rings. The third-order valence-electron chi connectivity index (χ3n) is 2.91. The lowest BCUT2D eigenvalue weighted by atomic mass is 10.1. The Morgan fingerprint density at radius 2 is 1.53 bits per heavy atom. The van der Waals surface area contributed by atoms with Gasteiger partial charge in [-0.05, 0) is 30.5 Å². The van der Waals surface area contributed by atoms with Gasteiger partial charge in [-0.25, -0.2) is 0 Å². The molecule has 0 radical (unpaired) electrons. The fourth-order valence-corrected chi connectivity index (χ4v) is 2.81. The number of thioether (sulfide) groups is 1. The lowest BCUT2D eigenvalue weighted by Gasteiger charge is -2.05. The smallest absolute Gasteiger partial charge is 0.0190 e. The number of aryl methyl sites for hydroxylation is 2. The molecule has 17 heavy (non-hydrogen) atoms. The SMILES string of the molecule is Cc1ccc(CSCc2ccccc2C)cc1. The van der Waals surface area contributed by atoms with Crippen LogP contribution in [0.1, 0.15) is 22.3 Å². The Hall–Kier alpha value is -1.21. The second kappa shape index (κ2) is 5.92. The minimum absolute atomic E-state index is 1.09. The van der Waals surface area contributed by atoms with Crippen LogP contribution < -0.4 is 0 Å². The van der Waals surface area contributed by atoms with E-state index in [0.29, 0.717) is 0 Å². The van der Waals surface area contributed by atoms with Gasteiger partial charge in [0.2, 0.25) is 0 Å². The lowest BCUT2D eigenvalue weighted by molar-refractivity contribution is 1.29. The molecule has 0 spiro atoms. The Labute approximate surface area is 108 Å². The number of hydrogen-bond acceptors (Lipinski definition) is 1. The van der Waals surface area contributed by atoms with Crippen molar-refractivity contribution in [2.24, 2.45) is 0 Å². The maximum absolute atomic E-state index is 2.22. The Kier molecular flexibility index (Phi) is 4.27. The van der Waals surface area contributed by atoms with E-state index < -0.39 is 0 Å². The van der Waals surface area contributed by atoms with Crippen LogP contribution in [0.25, 0.3) is 0 Å². The van der Waals surface area contributed by atoms with Crippen LogP contribution in [-0.4, -0.2) is 0 Å². The Morgan fingerprint density at radius 1 is 0.824 bits per heavy atom. The zero-order valence-electron chi connectivity index (χ0n) is 10.4. The summed E-state index contributed by atoms with van der Waals surface area (Å²) in [4.78, 5) is 0. The predicted molar refractivity (Wildman–Crippen MR) is 77.4 cm³/mol. The molecule has 1 heteroatoms. The number of benzene rings is 2. The standard InChI is InChI=1S/C16H18S/c1-13-7-9-15(10-8-13)11-17-12-16-6-4-3-5-14(16)2/h3-10H,11-12H2,1-2H3. The highest BCUT2D eigenvalue weighted by atomic mass is 32.2. The molecule has 0 atom stereocenters. The zero-order valence-corrected chi connectivity index (χ0v) is 11.3. The van der Waals surface area contributed by atoms with Crippen molar-refractivity contribution in [3.63, 3.8) is 0 Å². The summed E-state index contributed by atoms with van der Waals surface area (Å²) >= 11 is 1.98. The Bertz CT molecular complexity index is 471. The summed E-state index contributed by atoms with van der Waals surface area (Å²) in [6, 6.07) is 17.4. The van der Waals surface area contributed by atoms with Gasteiger partial charge >= 0.3 is 0 Å². The molecular formula is C16H18S. The molecule has 0 aliphatic rings. The first-order chi connectivity index (χ1) is 8.25.